The highest BCUT2D eigenvalue weighted by Crippen LogP contribution is 2.28. The van der Waals surface area contributed by atoms with Crippen molar-refractivity contribution in [2.24, 2.45) is 0 Å². The summed E-state index contributed by atoms with van der Waals surface area (Å²) >= 11 is 0. The number of hydrogen-bond donors (Lipinski definition) is 2. The van der Waals surface area contributed by atoms with Crippen molar-refractivity contribution in [3.8, 4) is 11.5 Å². The molecule has 0 amide bonds. The topological polar surface area (TPSA) is 67.8 Å². The van der Waals surface area contributed by atoms with Crippen molar-refractivity contribution in [3.63, 3.8) is 0 Å². The van der Waals surface area contributed by atoms with Crippen molar-refractivity contribution in [1.29, 1.82) is 0 Å². The fraction of sp³-hybridized carbons (Fsp3) is 0.417. The maximum atomic E-state index is 10.9. The SMILES string of the molecule is COC(=O)CCNCc1cccc(OC)c1O. The Morgan fingerprint density at radius 3 is 2.82 bits per heavy atom. The lowest BCUT2D eigenvalue weighted by Crippen LogP contribution is -2.18. The molecule has 0 aliphatic heterocycles. The predicted octanol–water partition coefficient (Wildman–Crippen LogP) is 1.05. The number of ether oxygens (including phenoxy) is 2. The lowest BCUT2D eigenvalue weighted by Gasteiger charge is -2.09. The number of rotatable bonds is 6. The number of phenols is 1. The van der Waals surface area contributed by atoms with Crippen molar-refractivity contribution in [3.05, 3.63) is 23.8 Å². The van der Waals surface area contributed by atoms with Gasteiger partial charge in [-0.25, -0.2) is 0 Å². The van der Waals surface area contributed by atoms with E-state index in [0.717, 1.165) is 5.56 Å². The third-order valence-corrected chi connectivity index (χ3v) is 2.35. The number of hydrogen-bond acceptors (Lipinski definition) is 5. The molecule has 5 nitrogen and oxygen atoms in total. The number of nitrogens with one attached hydrogen (secondary N) is 1. The summed E-state index contributed by atoms with van der Waals surface area (Å²) in [5, 5.41) is 12.8. The molecule has 0 aromatic heterocycles. The van der Waals surface area contributed by atoms with Crippen LogP contribution in [0.3, 0.4) is 0 Å². The summed E-state index contributed by atoms with van der Waals surface area (Å²) in [5.74, 6) is 0.310. The van der Waals surface area contributed by atoms with E-state index < -0.39 is 0 Å². The predicted molar refractivity (Wildman–Crippen MR) is 63.0 cm³/mol. The van der Waals surface area contributed by atoms with E-state index in [1.807, 2.05) is 0 Å². The van der Waals surface area contributed by atoms with Crippen LogP contribution < -0.4 is 10.1 Å². The number of carbonyl (C=O) groups is 1. The lowest BCUT2D eigenvalue weighted by molar-refractivity contribution is -0.140. The summed E-state index contributed by atoms with van der Waals surface area (Å²) in [4.78, 5) is 10.9. The Hall–Kier alpha value is -1.75. The van der Waals surface area contributed by atoms with Gasteiger partial charge in [0.25, 0.3) is 0 Å². The summed E-state index contributed by atoms with van der Waals surface area (Å²) in [7, 11) is 2.86. The number of phenolic OH excluding ortho intramolecular Hbond substituents is 1. The molecule has 2 N–H and O–H groups in total. The Morgan fingerprint density at radius 2 is 2.18 bits per heavy atom. The summed E-state index contributed by atoms with van der Waals surface area (Å²) in [5.41, 5.74) is 0.731. The van der Waals surface area contributed by atoms with E-state index in [1.165, 1.54) is 14.2 Å². The normalized spacial score (nSPS) is 10.0. The zero-order chi connectivity index (χ0) is 12.7. The first kappa shape index (κ1) is 13.3. The molecule has 5 heteroatoms. The Morgan fingerprint density at radius 1 is 1.41 bits per heavy atom. The monoisotopic (exact) mass is 239 g/mol. The van der Waals surface area contributed by atoms with E-state index in [9.17, 15) is 9.90 Å². The molecule has 0 saturated heterocycles. The van der Waals surface area contributed by atoms with E-state index in [2.05, 4.69) is 10.1 Å². The van der Waals surface area contributed by atoms with Crippen molar-refractivity contribution in [2.45, 2.75) is 13.0 Å². The van der Waals surface area contributed by atoms with E-state index in [1.54, 1.807) is 18.2 Å². The van der Waals surface area contributed by atoms with Gasteiger partial charge in [-0.2, -0.15) is 0 Å². The molecule has 0 bridgehead atoms. The van der Waals surface area contributed by atoms with Crippen LogP contribution in [0.2, 0.25) is 0 Å². The van der Waals surface area contributed by atoms with Gasteiger partial charge in [0, 0.05) is 18.7 Å². The average molecular weight is 239 g/mol. The molecule has 0 spiro atoms. The largest absolute Gasteiger partial charge is 0.504 e. The fourth-order valence-corrected chi connectivity index (χ4v) is 1.39. The van der Waals surface area contributed by atoms with Crippen LogP contribution in [0.1, 0.15) is 12.0 Å². The Kier molecular flexibility index (Phi) is 5.29. The van der Waals surface area contributed by atoms with Gasteiger partial charge in [0.1, 0.15) is 0 Å². The third-order valence-electron chi connectivity index (χ3n) is 2.35. The molecule has 0 fully saturated rings. The molecule has 0 aliphatic carbocycles. The van der Waals surface area contributed by atoms with Crippen molar-refractivity contribution in [2.75, 3.05) is 20.8 Å². The minimum Gasteiger partial charge on any atom is -0.504 e. The van der Waals surface area contributed by atoms with Crippen molar-refractivity contribution >= 4 is 5.97 Å². The molecule has 0 radical (unpaired) electrons. The fourth-order valence-electron chi connectivity index (χ4n) is 1.39. The smallest absolute Gasteiger partial charge is 0.306 e. The van der Waals surface area contributed by atoms with Gasteiger partial charge in [0.05, 0.1) is 20.6 Å². The summed E-state index contributed by atoms with van der Waals surface area (Å²) in [6.45, 7) is 0.976. The van der Waals surface area contributed by atoms with Crippen LogP contribution in [-0.2, 0) is 16.1 Å². The second-order valence-electron chi connectivity index (χ2n) is 3.47. The number of para-hydroxylation sites is 1. The van der Waals surface area contributed by atoms with E-state index in [-0.39, 0.29) is 11.7 Å². The minimum atomic E-state index is -0.257. The second-order valence-corrected chi connectivity index (χ2v) is 3.47. The summed E-state index contributed by atoms with van der Waals surface area (Å²) in [6.07, 6.45) is 0.307. The summed E-state index contributed by atoms with van der Waals surface area (Å²) < 4.78 is 9.51. The van der Waals surface area contributed by atoms with Gasteiger partial charge in [-0.15, -0.1) is 0 Å². The lowest BCUT2D eigenvalue weighted by atomic mass is 10.2. The van der Waals surface area contributed by atoms with Crippen molar-refractivity contribution in [1.82, 2.24) is 5.32 Å². The van der Waals surface area contributed by atoms with Crippen LogP contribution in [-0.4, -0.2) is 31.8 Å². The highest BCUT2D eigenvalue weighted by molar-refractivity contribution is 5.69. The molecular weight excluding hydrogens is 222 g/mol. The molecule has 1 aromatic carbocycles. The van der Waals surface area contributed by atoms with Crippen molar-refractivity contribution < 1.29 is 19.4 Å². The highest BCUT2D eigenvalue weighted by atomic mass is 16.5. The van der Waals surface area contributed by atoms with Crippen LogP contribution in [0.5, 0.6) is 11.5 Å². The van der Waals surface area contributed by atoms with Crippen LogP contribution >= 0.6 is 0 Å². The Bertz CT molecular complexity index is 379. The second kappa shape index (κ2) is 6.75. The van der Waals surface area contributed by atoms with E-state index >= 15 is 0 Å². The zero-order valence-corrected chi connectivity index (χ0v) is 10.0. The average Bonchev–Trinajstić information content (AvgIpc) is 2.36. The quantitative estimate of drug-likeness (QED) is 0.574. The third kappa shape index (κ3) is 3.96. The number of esters is 1. The van der Waals surface area contributed by atoms with Gasteiger partial charge in [-0.05, 0) is 6.07 Å². The first-order chi connectivity index (χ1) is 8.19. The number of aromatic hydroxyl groups is 1. The van der Waals surface area contributed by atoms with Gasteiger partial charge in [-0.3, -0.25) is 4.79 Å². The number of benzene rings is 1. The van der Waals surface area contributed by atoms with Gasteiger partial charge >= 0.3 is 5.97 Å². The molecule has 0 heterocycles. The maximum Gasteiger partial charge on any atom is 0.306 e. The maximum absolute atomic E-state index is 10.9. The Labute approximate surface area is 100 Å². The molecular formula is C12H17NO4. The number of methoxy groups -OCH3 is 2. The van der Waals surface area contributed by atoms with E-state index in [4.69, 9.17) is 4.74 Å². The standard InChI is InChI=1S/C12H17NO4/c1-16-10-5-3-4-9(12(10)15)8-13-7-6-11(14)17-2/h3-5,13,15H,6-8H2,1-2H3. The summed E-state index contributed by atoms with van der Waals surface area (Å²) in [6, 6.07) is 5.28. The van der Waals surface area contributed by atoms with Crippen LogP contribution in [0.15, 0.2) is 18.2 Å². The Balaban J connectivity index is 2.44. The van der Waals surface area contributed by atoms with Gasteiger partial charge in [-0.1, -0.05) is 12.1 Å². The zero-order valence-electron chi connectivity index (χ0n) is 10.0. The van der Waals surface area contributed by atoms with E-state index in [0.29, 0.717) is 25.3 Å². The van der Waals surface area contributed by atoms with Gasteiger partial charge < -0.3 is 19.9 Å². The molecule has 17 heavy (non-hydrogen) atoms. The van der Waals surface area contributed by atoms with Crippen LogP contribution in [0, 0.1) is 0 Å². The molecule has 0 aliphatic rings. The molecule has 94 valence electrons. The molecule has 0 saturated carbocycles. The molecule has 1 rings (SSSR count). The first-order valence-corrected chi connectivity index (χ1v) is 5.31. The van der Waals surface area contributed by atoms with Gasteiger partial charge in [0.2, 0.25) is 0 Å². The first-order valence-electron chi connectivity index (χ1n) is 5.31. The van der Waals surface area contributed by atoms with Crippen LogP contribution in [0.4, 0.5) is 0 Å². The molecule has 1 aromatic rings. The highest BCUT2D eigenvalue weighted by Gasteiger charge is 2.06. The molecule has 0 unspecified atom stereocenters. The van der Waals surface area contributed by atoms with Crippen LogP contribution in [0.25, 0.3) is 0 Å². The minimum absolute atomic E-state index is 0.126. The molecule has 0 atom stereocenters. The van der Waals surface area contributed by atoms with Gasteiger partial charge in [0.15, 0.2) is 11.5 Å². The number of carbonyl (C=O) groups excluding carboxylic acids is 1.